The molecule has 4 nitrogen and oxygen atoms in total. The van der Waals surface area contributed by atoms with Gasteiger partial charge < -0.3 is 0 Å². The lowest BCUT2D eigenvalue weighted by Crippen LogP contribution is -2.18. The zero-order valence-corrected chi connectivity index (χ0v) is 12.1. The molecule has 1 N–H and O–H groups in total. The number of pyridine rings is 1. The van der Waals surface area contributed by atoms with Gasteiger partial charge in [-0.3, -0.25) is 9.78 Å². The summed E-state index contributed by atoms with van der Waals surface area (Å²) in [5.74, 6) is -0.345. The van der Waals surface area contributed by atoms with Crippen LogP contribution in [0.1, 0.15) is 16.1 Å². The molecule has 1 aromatic carbocycles. The van der Waals surface area contributed by atoms with Crippen molar-refractivity contribution in [3.05, 3.63) is 70.5 Å². The number of allylic oxidation sites excluding steroid dienone is 1. The van der Waals surface area contributed by atoms with Gasteiger partial charge in [-0.15, -0.1) is 0 Å². The van der Waals surface area contributed by atoms with Gasteiger partial charge in [-0.25, -0.2) is 5.43 Å². The van der Waals surface area contributed by atoms with Crippen molar-refractivity contribution < 1.29 is 4.79 Å². The molecule has 5 heteroatoms. The number of carbonyl (C=O) groups is 1. The smallest absolute Gasteiger partial charge is 0.266 e. The summed E-state index contributed by atoms with van der Waals surface area (Å²) >= 11 is 3.37. The van der Waals surface area contributed by atoms with E-state index in [-0.39, 0.29) is 5.91 Å². The van der Waals surface area contributed by atoms with Gasteiger partial charge in [-0.2, -0.15) is 5.10 Å². The van der Waals surface area contributed by atoms with Crippen LogP contribution < -0.4 is 5.43 Å². The highest BCUT2D eigenvalue weighted by Crippen LogP contribution is 2.09. The average Bonchev–Trinajstić information content (AvgIpc) is 2.49. The van der Waals surface area contributed by atoms with Gasteiger partial charge in [0.1, 0.15) is 5.69 Å². The second-order valence-corrected chi connectivity index (χ2v) is 4.77. The van der Waals surface area contributed by atoms with E-state index in [1.54, 1.807) is 24.4 Å². The molecule has 1 aromatic heterocycles. The van der Waals surface area contributed by atoms with E-state index in [0.717, 1.165) is 10.0 Å². The molecule has 100 valence electrons. The molecule has 0 aliphatic rings. The molecule has 0 saturated heterocycles. The van der Waals surface area contributed by atoms with Gasteiger partial charge in [-0.05, 0) is 39.7 Å². The van der Waals surface area contributed by atoms with Crippen molar-refractivity contribution in [3.8, 4) is 0 Å². The Kier molecular flexibility index (Phi) is 5.20. The average molecular weight is 330 g/mol. The topological polar surface area (TPSA) is 54.4 Å². The first kappa shape index (κ1) is 14.1. The van der Waals surface area contributed by atoms with E-state index < -0.39 is 0 Å². The number of hydrogen-bond donors (Lipinski definition) is 1. The van der Waals surface area contributed by atoms with Crippen LogP contribution in [0.25, 0.3) is 6.08 Å². The summed E-state index contributed by atoms with van der Waals surface area (Å²) in [6.45, 7) is 0. The van der Waals surface area contributed by atoms with E-state index >= 15 is 0 Å². The van der Waals surface area contributed by atoms with Crippen LogP contribution >= 0.6 is 15.9 Å². The van der Waals surface area contributed by atoms with Gasteiger partial charge in [0.05, 0.1) is 6.21 Å². The minimum Gasteiger partial charge on any atom is -0.266 e. The van der Waals surface area contributed by atoms with E-state index in [9.17, 15) is 4.79 Å². The molecule has 0 bridgehead atoms. The first-order valence-corrected chi connectivity index (χ1v) is 6.72. The number of aromatic nitrogens is 1. The molecule has 0 aliphatic heterocycles. The van der Waals surface area contributed by atoms with Gasteiger partial charge in [0, 0.05) is 10.7 Å². The maximum atomic E-state index is 11.7. The van der Waals surface area contributed by atoms with E-state index in [1.807, 2.05) is 36.4 Å². The van der Waals surface area contributed by atoms with Crippen molar-refractivity contribution in [3.63, 3.8) is 0 Å². The molecule has 2 rings (SSSR count). The fraction of sp³-hybridized carbons (Fsp3) is 0. The molecule has 1 amide bonds. The summed E-state index contributed by atoms with van der Waals surface area (Å²) in [6, 6.07) is 14.9. The molecule has 0 radical (unpaired) electrons. The molecule has 1 heterocycles. The van der Waals surface area contributed by atoms with Crippen LogP contribution in [0.3, 0.4) is 0 Å². The molecular weight excluding hydrogens is 318 g/mol. The van der Waals surface area contributed by atoms with Crippen molar-refractivity contribution in [2.75, 3.05) is 0 Å². The van der Waals surface area contributed by atoms with Crippen molar-refractivity contribution in [2.24, 2.45) is 5.10 Å². The molecule has 0 fully saturated rings. The molecule has 0 saturated carbocycles. The molecule has 2 aromatic rings. The molecular formula is C15H12BrN3O. The van der Waals surface area contributed by atoms with Crippen LogP contribution in [0.4, 0.5) is 0 Å². The molecule has 0 aliphatic carbocycles. The van der Waals surface area contributed by atoms with Crippen LogP contribution in [0, 0.1) is 0 Å². The maximum Gasteiger partial charge on any atom is 0.289 e. The number of halogens is 1. The zero-order chi connectivity index (χ0) is 14.2. The highest BCUT2D eigenvalue weighted by molar-refractivity contribution is 9.12. The summed E-state index contributed by atoms with van der Waals surface area (Å²) in [5, 5.41) is 3.86. The Morgan fingerprint density at radius 2 is 1.90 bits per heavy atom. The molecule has 0 spiro atoms. The third-order valence-corrected chi connectivity index (χ3v) is 2.79. The van der Waals surface area contributed by atoms with Crippen LogP contribution in [-0.2, 0) is 0 Å². The van der Waals surface area contributed by atoms with Crippen molar-refractivity contribution in [2.45, 2.75) is 0 Å². The largest absolute Gasteiger partial charge is 0.289 e. The van der Waals surface area contributed by atoms with Gasteiger partial charge in [0.25, 0.3) is 5.91 Å². The lowest BCUT2D eigenvalue weighted by molar-refractivity contribution is 0.0950. The predicted octanol–water partition coefficient (Wildman–Crippen LogP) is 3.23. The maximum absolute atomic E-state index is 11.7. The third-order valence-electron chi connectivity index (χ3n) is 2.36. The van der Waals surface area contributed by atoms with Gasteiger partial charge in [-0.1, -0.05) is 36.4 Å². The van der Waals surface area contributed by atoms with E-state index in [2.05, 4.69) is 31.4 Å². The standard InChI is InChI=1S/C15H12BrN3O/c16-13(10-12-6-2-1-3-7-12)11-18-19-15(20)14-8-4-5-9-17-14/h1-11H,(H,19,20)/b13-10+,18-11+. The quantitative estimate of drug-likeness (QED) is 0.691. The Morgan fingerprint density at radius 3 is 2.60 bits per heavy atom. The number of benzene rings is 1. The Hall–Kier alpha value is -2.27. The lowest BCUT2D eigenvalue weighted by atomic mass is 10.2. The highest BCUT2D eigenvalue weighted by atomic mass is 79.9. The number of nitrogens with zero attached hydrogens (tertiary/aromatic N) is 2. The number of hydrazone groups is 1. The second kappa shape index (κ2) is 7.35. The highest BCUT2D eigenvalue weighted by Gasteiger charge is 2.03. The number of carbonyl (C=O) groups excluding carboxylic acids is 1. The first-order valence-electron chi connectivity index (χ1n) is 5.92. The normalized spacial score (nSPS) is 11.6. The lowest BCUT2D eigenvalue weighted by Gasteiger charge is -1.97. The van der Waals surface area contributed by atoms with Crippen LogP contribution in [0.5, 0.6) is 0 Å². The minimum atomic E-state index is -0.345. The summed E-state index contributed by atoms with van der Waals surface area (Å²) < 4.78 is 0.755. The minimum absolute atomic E-state index is 0.327. The van der Waals surface area contributed by atoms with Gasteiger partial charge >= 0.3 is 0 Å². The van der Waals surface area contributed by atoms with Crippen LogP contribution in [0.15, 0.2) is 64.3 Å². The monoisotopic (exact) mass is 329 g/mol. The summed E-state index contributed by atoms with van der Waals surface area (Å²) in [7, 11) is 0. The third kappa shape index (κ3) is 4.44. The summed E-state index contributed by atoms with van der Waals surface area (Å²) in [4.78, 5) is 15.6. The second-order valence-electron chi connectivity index (χ2n) is 3.85. The Morgan fingerprint density at radius 1 is 1.15 bits per heavy atom. The summed E-state index contributed by atoms with van der Waals surface area (Å²) in [5.41, 5.74) is 3.78. The van der Waals surface area contributed by atoms with E-state index in [1.165, 1.54) is 6.21 Å². The zero-order valence-electron chi connectivity index (χ0n) is 10.5. The number of amides is 1. The van der Waals surface area contributed by atoms with E-state index in [4.69, 9.17) is 0 Å². The Labute approximate surface area is 125 Å². The summed E-state index contributed by atoms with van der Waals surface area (Å²) in [6.07, 6.45) is 4.98. The predicted molar refractivity (Wildman–Crippen MR) is 83.5 cm³/mol. The SMILES string of the molecule is O=C(N/N=C/C(Br)=C\c1ccccc1)c1ccccn1. The Bertz CT molecular complexity index is 624. The van der Waals surface area contributed by atoms with Crippen molar-refractivity contribution >= 4 is 34.1 Å². The number of hydrogen-bond acceptors (Lipinski definition) is 3. The fourth-order valence-corrected chi connectivity index (χ4v) is 1.82. The van der Waals surface area contributed by atoms with Crippen LogP contribution in [-0.4, -0.2) is 17.1 Å². The Balaban J connectivity index is 1.94. The first-order chi connectivity index (χ1) is 9.75. The number of rotatable bonds is 4. The van der Waals surface area contributed by atoms with E-state index in [0.29, 0.717) is 5.69 Å². The molecule has 0 unspecified atom stereocenters. The molecule has 0 atom stereocenters. The molecule has 20 heavy (non-hydrogen) atoms. The van der Waals surface area contributed by atoms with Crippen LogP contribution in [0.2, 0.25) is 0 Å². The van der Waals surface area contributed by atoms with Crippen molar-refractivity contribution in [1.82, 2.24) is 10.4 Å². The van der Waals surface area contributed by atoms with Gasteiger partial charge in [0.2, 0.25) is 0 Å². The van der Waals surface area contributed by atoms with Gasteiger partial charge in [0.15, 0.2) is 0 Å². The van der Waals surface area contributed by atoms with Crippen molar-refractivity contribution in [1.29, 1.82) is 0 Å². The fourth-order valence-electron chi connectivity index (χ4n) is 1.45. The number of nitrogens with one attached hydrogen (secondary N) is 1.